The topological polar surface area (TPSA) is 54.2 Å². The second-order valence-electron chi connectivity index (χ2n) is 5.13. The Bertz CT molecular complexity index is 652. The number of aryl methyl sites for hydroxylation is 1. The molecule has 8 heteroatoms. The van der Waals surface area contributed by atoms with E-state index in [0.717, 1.165) is 4.68 Å². The standard InChI is InChI=1S/C14H17F3N4O/c1-9(22)11-5-4-6-12(18-11)20(2)7-10-8-21(3)19-13(10)14(15,16)17/h4-6,8-9,22H,7H2,1-3H3. The van der Waals surface area contributed by atoms with E-state index in [1.165, 1.54) is 13.2 Å². The van der Waals surface area contributed by atoms with Crippen LogP contribution < -0.4 is 4.90 Å². The summed E-state index contributed by atoms with van der Waals surface area (Å²) in [4.78, 5) is 5.82. The number of hydrogen-bond donors (Lipinski definition) is 1. The van der Waals surface area contributed by atoms with Gasteiger partial charge in [0.25, 0.3) is 0 Å². The Labute approximate surface area is 126 Å². The zero-order valence-electron chi connectivity index (χ0n) is 12.5. The lowest BCUT2D eigenvalue weighted by Gasteiger charge is -2.19. The molecule has 0 saturated heterocycles. The molecule has 5 nitrogen and oxygen atoms in total. The van der Waals surface area contributed by atoms with E-state index in [1.54, 1.807) is 37.1 Å². The highest BCUT2D eigenvalue weighted by Gasteiger charge is 2.37. The predicted molar refractivity (Wildman–Crippen MR) is 75.2 cm³/mol. The minimum Gasteiger partial charge on any atom is -0.387 e. The van der Waals surface area contributed by atoms with Gasteiger partial charge in [-0.25, -0.2) is 4.98 Å². The minimum atomic E-state index is -4.49. The van der Waals surface area contributed by atoms with Crippen molar-refractivity contribution in [1.29, 1.82) is 0 Å². The van der Waals surface area contributed by atoms with Crippen molar-refractivity contribution < 1.29 is 18.3 Å². The molecule has 2 aromatic heterocycles. The van der Waals surface area contributed by atoms with E-state index >= 15 is 0 Å². The Morgan fingerprint density at radius 1 is 1.36 bits per heavy atom. The average molecular weight is 314 g/mol. The molecule has 0 aliphatic heterocycles. The molecule has 0 amide bonds. The number of aromatic nitrogens is 3. The number of hydrogen-bond acceptors (Lipinski definition) is 4. The van der Waals surface area contributed by atoms with E-state index in [1.807, 2.05) is 0 Å². The molecule has 0 aromatic carbocycles. The highest BCUT2D eigenvalue weighted by atomic mass is 19.4. The molecule has 1 atom stereocenters. The summed E-state index contributed by atoms with van der Waals surface area (Å²) >= 11 is 0. The van der Waals surface area contributed by atoms with E-state index in [2.05, 4.69) is 10.1 Å². The third kappa shape index (κ3) is 3.56. The summed E-state index contributed by atoms with van der Waals surface area (Å²) in [5.74, 6) is 0.482. The van der Waals surface area contributed by atoms with Gasteiger partial charge in [-0.2, -0.15) is 18.3 Å². The highest BCUT2D eigenvalue weighted by molar-refractivity contribution is 5.40. The average Bonchev–Trinajstić information content (AvgIpc) is 2.79. The lowest BCUT2D eigenvalue weighted by atomic mass is 10.2. The summed E-state index contributed by atoms with van der Waals surface area (Å²) in [6, 6.07) is 5.04. The zero-order valence-corrected chi connectivity index (χ0v) is 12.5. The molecule has 0 aliphatic rings. The van der Waals surface area contributed by atoms with Crippen LogP contribution in [0.25, 0.3) is 0 Å². The van der Waals surface area contributed by atoms with Crippen LogP contribution in [0.2, 0.25) is 0 Å². The van der Waals surface area contributed by atoms with Crippen molar-refractivity contribution in [3.8, 4) is 0 Å². The van der Waals surface area contributed by atoms with Crippen molar-refractivity contribution in [2.24, 2.45) is 7.05 Å². The van der Waals surface area contributed by atoms with Gasteiger partial charge in [-0.05, 0) is 19.1 Å². The van der Waals surface area contributed by atoms with Crippen molar-refractivity contribution in [3.05, 3.63) is 41.3 Å². The van der Waals surface area contributed by atoms with E-state index in [0.29, 0.717) is 11.5 Å². The second kappa shape index (κ2) is 5.96. The molecule has 0 bridgehead atoms. The third-order valence-electron chi connectivity index (χ3n) is 3.16. The monoisotopic (exact) mass is 314 g/mol. The molecule has 0 spiro atoms. The molecule has 2 heterocycles. The largest absolute Gasteiger partial charge is 0.435 e. The fourth-order valence-electron chi connectivity index (χ4n) is 2.11. The summed E-state index contributed by atoms with van der Waals surface area (Å²) in [5.41, 5.74) is -0.359. The van der Waals surface area contributed by atoms with Crippen molar-refractivity contribution in [3.63, 3.8) is 0 Å². The molecule has 2 rings (SSSR count). The minimum absolute atomic E-state index is 0.0128. The predicted octanol–water partition coefficient (Wildman–Crippen LogP) is 2.52. The molecule has 1 unspecified atom stereocenters. The normalized spacial score (nSPS) is 13.2. The lowest BCUT2D eigenvalue weighted by molar-refractivity contribution is -0.142. The molecule has 1 N–H and O–H groups in total. The van der Waals surface area contributed by atoms with Gasteiger partial charge in [-0.3, -0.25) is 4.68 Å². The SMILES string of the molecule is CC(O)c1cccc(N(C)Cc2cn(C)nc2C(F)(F)F)n1. The van der Waals surface area contributed by atoms with Crippen LogP contribution in [0.3, 0.4) is 0 Å². The van der Waals surface area contributed by atoms with Crippen LogP contribution in [0, 0.1) is 0 Å². The van der Waals surface area contributed by atoms with Crippen LogP contribution in [0.1, 0.15) is 30.0 Å². The summed E-state index contributed by atoms with van der Waals surface area (Å²) in [6.07, 6.45) is -3.89. The molecule has 2 aromatic rings. The molecule has 0 saturated carbocycles. The van der Waals surface area contributed by atoms with Crippen LogP contribution >= 0.6 is 0 Å². The van der Waals surface area contributed by atoms with Crippen molar-refractivity contribution in [2.45, 2.75) is 25.7 Å². The molecule has 0 radical (unpaired) electrons. The van der Waals surface area contributed by atoms with E-state index in [-0.39, 0.29) is 12.1 Å². The third-order valence-corrected chi connectivity index (χ3v) is 3.16. The van der Waals surface area contributed by atoms with Crippen LogP contribution in [0.4, 0.5) is 19.0 Å². The number of aliphatic hydroxyl groups excluding tert-OH is 1. The summed E-state index contributed by atoms with van der Waals surface area (Å²) in [7, 11) is 3.09. The van der Waals surface area contributed by atoms with E-state index < -0.39 is 18.0 Å². The van der Waals surface area contributed by atoms with Crippen molar-refractivity contribution in [1.82, 2.24) is 14.8 Å². The van der Waals surface area contributed by atoms with Crippen molar-refractivity contribution in [2.75, 3.05) is 11.9 Å². The first-order valence-corrected chi connectivity index (χ1v) is 6.64. The maximum absolute atomic E-state index is 12.9. The fraction of sp³-hybridized carbons (Fsp3) is 0.429. The lowest BCUT2D eigenvalue weighted by Crippen LogP contribution is -2.20. The molecule has 22 heavy (non-hydrogen) atoms. The second-order valence-corrected chi connectivity index (χ2v) is 5.13. The number of halogens is 3. The Morgan fingerprint density at radius 3 is 2.64 bits per heavy atom. The van der Waals surface area contributed by atoms with E-state index in [9.17, 15) is 18.3 Å². The van der Waals surface area contributed by atoms with Crippen molar-refractivity contribution >= 4 is 5.82 Å². The van der Waals surface area contributed by atoms with Crippen LogP contribution in [-0.4, -0.2) is 26.9 Å². The molecule has 120 valence electrons. The van der Waals surface area contributed by atoms with Gasteiger partial charge in [0.05, 0.1) is 11.8 Å². The first-order chi connectivity index (χ1) is 10.2. The fourth-order valence-corrected chi connectivity index (χ4v) is 2.11. The molecular weight excluding hydrogens is 297 g/mol. The Balaban J connectivity index is 2.26. The number of alkyl halides is 3. The summed E-state index contributed by atoms with van der Waals surface area (Å²) in [5, 5.41) is 13.0. The van der Waals surface area contributed by atoms with Gasteiger partial charge >= 0.3 is 6.18 Å². The molecular formula is C14H17F3N4O. The Kier molecular flexibility index (Phi) is 4.41. The van der Waals surface area contributed by atoms with Crippen LogP contribution in [0.15, 0.2) is 24.4 Å². The number of nitrogens with zero attached hydrogens (tertiary/aromatic N) is 4. The van der Waals surface area contributed by atoms with Crippen LogP contribution in [0.5, 0.6) is 0 Å². The summed E-state index contributed by atoms with van der Waals surface area (Å²) in [6.45, 7) is 1.59. The highest BCUT2D eigenvalue weighted by Crippen LogP contribution is 2.31. The Morgan fingerprint density at radius 2 is 2.05 bits per heavy atom. The van der Waals surface area contributed by atoms with Gasteiger partial charge in [0.15, 0.2) is 5.69 Å². The Hall–Kier alpha value is -2.09. The van der Waals surface area contributed by atoms with Gasteiger partial charge in [-0.1, -0.05) is 6.07 Å². The number of rotatable bonds is 4. The van der Waals surface area contributed by atoms with Gasteiger partial charge in [-0.15, -0.1) is 0 Å². The van der Waals surface area contributed by atoms with Crippen LogP contribution in [-0.2, 0) is 19.8 Å². The quantitative estimate of drug-likeness (QED) is 0.942. The molecule has 0 aliphatic carbocycles. The maximum Gasteiger partial charge on any atom is 0.435 e. The zero-order chi connectivity index (χ0) is 16.5. The first-order valence-electron chi connectivity index (χ1n) is 6.64. The summed E-state index contributed by atoms with van der Waals surface area (Å²) < 4.78 is 40.0. The smallest absolute Gasteiger partial charge is 0.387 e. The number of anilines is 1. The maximum atomic E-state index is 12.9. The van der Waals surface area contributed by atoms with Gasteiger partial charge in [0.1, 0.15) is 5.82 Å². The van der Waals surface area contributed by atoms with E-state index in [4.69, 9.17) is 0 Å². The van der Waals surface area contributed by atoms with Gasteiger partial charge in [0.2, 0.25) is 0 Å². The number of aliphatic hydroxyl groups is 1. The molecule has 0 fully saturated rings. The van der Waals surface area contributed by atoms with Gasteiger partial charge in [0, 0.05) is 32.4 Å². The number of pyridine rings is 1. The first kappa shape index (κ1) is 16.3. The van der Waals surface area contributed by atoms with Gasteiger partial charge < -0.3 is 10.0 Å².